The first-order chi connectivity index (χ1) is 8.08. The van der Waals surface area contributed by atoms with Crippen LogP contribution in [0.4, 0.5) is 0 Å². The zero-order chi connectivity index (χ0) is 12.8. The Kier molecular flexibility index (Phi) is 5.66. The van der Waals surface area contributed by atoms with Crippen LogP contribution in [0.2, 0.25) is 0 Å². The molecule has 2 unspecified atom stereocenters. The Morgan fingerprint density at radius 3 is 2.41 bits per heavy atom. The minimum absolute atomic E-state index is 0.144. The average molecular weight is 235 g/mol. The molecule has 2 heteroatoms. The Labute approximate surface area is 105 Å². The first kappa shape index (κ1) is 14.2. The smallest absolute Gasteiger partial charge is 0.0691 e. The lowest BCUT2D eigenvalue weighted by Crippen LogP contribution is -2.31. The van der Waals surface area contributed by atoms with Crippen molar-refractivity contribution in [2.75, 3.05) is 0 Å². The van der Waals surface area contributed by atoms with Crippen molar-refractivity contribution in [1.29, 1.82) is 0 Å². The van der Waals surface area contributed by atoms with Crippen LogP contribution in [0.1, 0.15) is 43.9 Å². The van der Waals surface area contributed by atoms with Crippen molar-refractivity contribution >= 4 is 0 Å². The van der Waals surface area contributed by atoms with Crippen molar-refractivity contribution in [3.05, 3.63) is 34.9 Å². The summed E-state index contributed by atoms with van der Waals surface area (Å²) in [6, 6.07) is 6.54. The number of aliphatic hydroxyl groups is 1. The monoisotopic (exact) mass is 235 g/mol. The van der Waals surface area contributed by atoms with Crippen LogP contribution in [-0.2, 0) is 19.3 Å². The first-order valence-electron chi connectivity index (χ1n) is 6.62. The van der Waals surface area contributed by atoms with Gasteiger partial charge in [-0.15, -0.1) is 0 Å². The molecule has 0 aliphatic carbocycles. The fourth-order valence-corrected chi connectivity index (χ4v) is 2.04. The lowest BCUT2D eigenvalue weighted by Gasteiger charge is -2.16. The van der Waals surface area contributed by atoms with E-state index in [2.05, 4.69) is 32.0 Å². The molecule has 3 N–H and O–H groups in total. The van der Waals surface area contributed by atoms with Crippen molar-refractivity contribution in [1.82, 2.24) is 0 Å². The van der Waals surface area contributed by atoms with Gasteiger partial charge in [0.2, 0.25) is 0 Å². The van der Waals surface area contributed by atoms with E-state index < -0.39 is 6.10 Å². The third-order valence-electron chi connectivity index (χ3n) is 3.38. The standard InChI is InChI=1S/C15H25NO/c1-4-12-6-7-13(5-2)14(10-12)8-9-15(17)11(3)16/h6-7,10-11,15,17H,4-5,8-9,16H2,1-3H3. The summed E-state index contributed by atoms with van der Waals surface area (Å²) in [6.07, 6.45) is 3.38. The van der Waals surface area contributed by atoms with Gasteiger partial charge >= 0.3 is 0 Å². The highest BCUT2D eigenvalue weighted by Gasteiger charge is 2.11. The van der Waals surface area contributed by atoms with Crippen LogP contribution in [-0.4, -0.2) is 17.3 Å². The van der Waals surface area contributed by atoms with Crippen molar-refractivity contribution in [3.63, 3.8) is 0 Å². The highest BCUT2D eigenvalue weighted by molar-refractivity contribution is 5.32. The van der Waals surface area contributed by atoms with E-state index in [1.54, 1.807) is 0 Å². The van der Waals surface area contributed by atoms with E-state index in [4.69, 9.17) is 5.73 Å². The topological polar surface area (TPSA) is 46.2 Å². The van der Waals surface area contributed by atoms with Gasteiger partial charge in [-0.2, -0.15) is 0 Å². The molecule has 0 aromatic heterocycles. The van der Waals surface area contributed by atoms with Crippen molar-refractivity contribution in [3.8, 4) is 0 Å². The van der Waals surface area contributed by atoms with Crippen LogP contribution in [0.15, 0.2) is 18.2 Å². The second-order valence-corrected chi connectivity index (χ2v) is 4.78. The maximum atomic E-state index is 9.75. The van der Waals surface area contributed by atoms with E-state index in [-0.39, 0.29) is 6.04 Å². The Morgan fingerprint density at radius 2 is 1.88 bits per heavy atom. The summed E-state index contributed by atoms with van der Waals surface area (Å²) in [6.45, 7) is 6.20. The molecule has 0 aliphatic rings. The van der Waals surface area contributed by atoms with Crippen molar-refractivity contribution in [2.45, 2.75) is 58.6 Å². The van der Waals surface area contributed by atoms with E-state index in [1.165, 1.54) is 16.7 Å². The molecule has 0 amide bonds. The number of hydrogen-bond acceptors (Lipinski definition) is 2. The van der Waals surface area contributed by atoms with Crippen LogP contribution in [0.5, 0.6) is 0 Å². The molecule has 0 saturated heterocycles. The molecule has 1 aromatic rings. The molecular weight excluding hydrogens is 210 g/mol. The Morgan fingerprint density at radius 1 is 1.18 bits per heavy atom. The molecule has 96 valence electrons. The molecule has 17 heavy (non-hydrogen) atoms. The molecule has 1 rings (SSSR count). The SMILES string of the molecule is CCc1ccc(CC)c(CCC(O)C(C)N)c1. The highest BCUT2D eigenvalue weighted by Crippen LogP contribution is 2.16. The lowest BCUT2D eigenvalue weighted by atomic mass is 9.95. The number of nitrogens with two attached hydrogens (primary N) is 1. The molecule has 0 fully saturated rings. The summed E-state index contributed by atoms with van der Waals surface area (Å²) >= 11 is 0. The molecule has 2 atom stereocenters. The van der Waals surface area contributed by atoms with Gasteiger partial charge in [0.15, 0.2) is 0 Å². The van der Waals surface area contributed by atoms with Gasteiger partial charge in [0, 0.05) is 6.04 Å². The summed E-state index contributed by atoms with van der Waals surface area (Å²) < 4.78 is 0. The summed E-state index contributed by atoms with van der Waals surface area (Å²) in [5.74, 6) is 0. The zero-order valence-corrected chi connectivity index (χ0v) is 11.2. The maximum absolute atomic E-state index is 9.75. The fraction of sp³-hybridized carbons (Fsp3) is 0.600. The lowest BCUT2D eigenvalue weighted by molar-refractivity contribution is 0.141. The predicted molar refractivity (Wildman–Crippen MR) is 73.2 cm³/mol. The largest absolute Gasteiger partial charge is 0.392 e. The van der Waals surface area contributed by atoms with Crippen LogP contribution < -0.4 is 5.73 Å². The van der Waals surface area contributed by atoms with Crippen LogP contribution in [0.3, 0.4) is 0 Å². The van der Waals surface area contributed by atoms with Crippen LogP contribution in [0, 0.1) is 0 Å². The molecule has 0 heterocycles. The van der Waals surface area contributed by atoms with Gasteiger partial charge in [-0.05, 0) is 49.3 Å². The highest BCUT2D eigenvalue weighted by atomic mass is 16.3. The van der Waals surface area contributed by atoms with Gasteiger partial charge in [0.25, 0.3) is 0 Å². The van der Waals surface area contributed by atoms with Gasteiger partial charge in [0.1, 0.15) is 0 Å². The second-order valence-electron chi connectivity index (χ2n) is 4.78. The van der Waals surface area contributed by atoms with E-state index in [1.807, 2.05) is 6.92 Å². The molecule has 0 aliphatic heterocycles. The summed E-state index contributed by atoms with van der Waals surface area (Å²) in [4.78, 5) is 0. The molecule has 0 bridgehead atoms. The molecule has 0 saturated carbocycles. The summed E-state index contributed by atoms with van der Waals surface area (Å²) in [7, 11) is 0. The second kappa shape index (κ2) is 6.77. The normalized spacial score (nSPS) is 14.6. The fourth-order valence-electron chi connectivity index (χ4n) is 2.04. The number of benzene rings is 1. The van der Waals surface area contributed by atoms with E-state index in [0.29, 0.717) is 0 Å². The molecule has 1 aromatic carbocycles. The Balaban J connectivity index is 2.74. The van der Waals surface area contributed by atoms with Gasteiger partial charge < -0.3 is 10.8 Å². The molecular formula is C15H25NO. The minimum Gasteiger partial charge on any atom is -0.392 e. The summed E-state index contributed by atoms with van der Waals surface area (Å²) in [5, 5.41) is 9.75. The molecule has 2 nitrogen and oxygen atoms in total. The minimum atomic E-state index is -0.398. The number of aliphatic hydroxyl groups excluding tert-OH is 1. The van der Waals surface area contributed by atoms with Crippen molar-refractivity contribution in [2.24, 2.45) is 5.73 Å². The molecule has 0 radical (unpaired) electrons. The average Bonchev–Trinajstić information content (AvgIpc) is 2.35. The third-order valence-corrected chi connectivity index (χ3v) is 3.38. The summed E-state index contributed by atoms with van der Waals surface area (Å²) in [5.41, 5.74) is 9.80. The van der Waals surface area contributed by atoms with Gasteiger partial charge in [-0.3, -0.25) is 0 Å². The van der Waals surface area contributed by atoms with Gasteiger partial charge in [0.05, 0.1) is 6.10 Å². The van der Waals surface area contributed by atoms with Gasteiger partial charge in [-0.25, -0.2) is 0 Å². The maximum Gasteiger partial charge on any atom is 0.0691 e. The van der Waals surface area contributed by atoms with Crippen LogP contribution >= 0.6 is 0 Å². The third kappa shape index (κ3) is 4.14. The molecule has 0 spiro atoms. The van der Waals surface area contributed by atoms with E-state index in [9.17, 15) is 5.11 Å². The van der Waals surface area contributed by atoms with E-state index >= 15 is 0 Å². The van der Waals surface area contributed by atoms with Crippen LogP contribution in [0.25, 0.3) is 0 Å². The number of hydrogen-bond donors (Lipinski definition) is 2. The first-order valence-corrected chi connectivity index (χ1v) is 6.62. The number of rotatable bonds is 6. The van der Waals surface area contributed by atoms with Gasteiger partial charge in [-0.1, -0.05) is 32.0 Å². The Hall–Kier alpha value is -0.860. The quantitative estimate of drug-likeness (QED) is 0.795. The van der Waals surface area contributed by atoms with E-state index in [0.717, 1.165) is 25.7 Å². The predicted octanol–water partition coefficient (Wildman–Crippen LogP) is 2.45. The Bertz CT molecular complexity index is 347. The zero-order valence-electron chi connectivity index (χ0n) is 11.2. The number of aryl methyl sites for hydroxylation is 3. The van der Waals surface area contributed by atoms with Crippen molar-refractivity contribution < 1.29 is 5.11 Å².